The lowest BCUT2D eigenvalue weighted by Crippen LogP contribution is -2.22. The predicted molar refractivity (Wildman–Crippen MR) is 133 cm³/mol. The van der Waals surface area contributed by atoms with Crippen LogP contribution in [0.4, 0.5) is 16.5 Å². The standard InChI is InChI=1S/C25H29N5S/c1-6-30(7-2)23-13-16(3)21(12-17(23)4)28-25-29-22(15-31-25)19-8-10-20(11-9-19)24-26-14-18(5)27-24/h8-15H,6-7H2,1-5H3,(H,26,27)(H,28,29). The fourth-order valence-electron chi connectivity index (χ4n) is 3.78. The first-order chi connectivity index (χ1) is 15.0. The topological polar surface area (TPSA) is 56.8 Å². The number of hydrogen-bond acceptors (Lipinski definition) is 5. The van der Waals surface area contributed by atoms with Gasteiger partial charge >= 0.3 is 0 Å². The van der Waals surface area contributed by atoms with Crippen LogP contribution in [0.15, 0.2) is 48.0 Å². The number of aryl methyl sites for hydroxylation is 3. The van der Waals surface area contributed by atoms with E-state index in [-0.39, 0.29) is 0 Å². The Morgan fingerprint density at radius 1 is 0.968 bits per heavy atom. The molecule has 2 N–H and O–H groups in total. The van der Waals surface area contributed by atoms with Crippen molar-refractivity contribution >= 4 is 27.8 Å². The summed E-state index contributed by atoms with van der Waals surface area (Å²) in [7, 11) is 0. The second kappa shape index (κ2) is 8.94. The second-order valence-corrected chi connectivity index (χ2v) is 8.64. The van der Waals surface area contributed by atoms with Crippen LogP contribution in [0, 0.1) is 20.8 Å². The van der Waals surface area contributed by atoms with Gasteiger partial charge in [0.15, 0.2) is 5.13 Å². The van der Waals surface area contributed by atoms with E-state index in [1.54, 1.807) is 11.3 Å². The number of nitrogens with one attached hydrogen (secondary N) is 2. The molecule has 0 saturated heterocycles. The van der Waals surface area contributed by atoms with Gasteiger partial charge in [-0.3, -0.25) is 0 Å². The zero-order valence-corrected chi connectivity index (χ0v) is 19.6. The molecular formula is C25H29N5S. The van der Waals surface area contributed by atoms with Gasteiger partial charge in [-0.1, -0.05) is 24.3 Å². The lowest BCUT2D eigenvalue weighted by molar-refractivity contribution is 0.861. The quantitative estimate of drug-likeness (QED) is 0.341. The van der Waals surface area contributed by atoms with Gasteiger partial charge in [0.1, 0.15) is 5.82 Å². The zero-order valence-electron chi connectivity index (χ0n) is 18.8. The maximum absolute atomic E-state index is 4.82. The third kappa shape index (κ3) is 4.49. The number of rotatable bonds is 7. The van der Waals surface area contributed by atoms with E-state index in [1.165, 1.54) is 16.8 Å². The fourth-order valence-corrected chi connectivity index (χ4v) is 4.51. The van der Waals surface area contributed by atoms with E-state index in [2.05, 4.69) is 89.7 Å². The van der Waals surface area contributed by atoms with E-state index in [1.807, 2.05) is 13.1 Å². The summed E-state index contributed by atoms with van der Waals surface area (Å²) < 4.78 is 0. The van der Waals surface area contributed by atoms with E-state index in [0.717, 1.165) is 52.2 Å². The van der Waals surface area contributed by atoms with Crippen molar-refractivity contribution in [1.82, 2.24) is 15.0 Å². The number of nitrogens with zero attached hydrogens (tertiary/aromatic N) is 3. The molecule has 0 fully saturated rings. The lowest BCUT2D eigenvalue weighted by Gasteiger charge is -2.24. The summed E-state index contributed by atoms with van der Waals surface area (Å²) in [6.45, 7) is 12.8. The lowest BCUT2D eigenvalue weighted by atomic mass is 10.1. The van der Waals surface area contributed by atoms with E-state index in [4.69, 9.17) is 4.98 Å². The molecular weight excluding hydrogens is 402 g/mol. The van der Waals surface area contributed by atoms with Gasteiger partial charge < -0.3 is 15.2 Å². The molecule has 2 aromatic carbocycles. The average molecular weight is 432 g/mol. The minimum atomic E-state index is 0.892. The predicted octanol–water partition coefficient (Wildman–Crippen LogP) is 6.72. The molecule has 0 bridgehead atoms. The number of hydrogen-bond donors (Lipinski definition) is 2. The van der Waals surface area contributed by atoms with Crippen LogP contribution in [-0.4, -0.2) is 28.0 Å². The van der Waals surface area contributed by atoms with Crippen LogP contribution in [0.3, 0.4) is 0 Å². The van der Waals surface area contributed by atoms with Crippen LogP contribution in [0.5, 0.6) is 0 Å². The minimum Gasteiger partial charge on any atom is -0.372 e. The number of aromatic amines is 1. The Kier molecular flexibility index (Phi) is 6.09. The SMILES string of the molecule is CCN(CC)c1cc(C)c(Nc2nc(-c3ccc(-c4ncc(C)[nH]4)cc3)cs2)cc1C. The highest BCUT2D eigenvalue weighted by atomic mass is 32.1. The molecule has 0 amide bonds. The van der Waals surface area contributed by atoms with Crippen molar-refractivity contribution < 1.29 is 0 Å². The Morgan fingerprint density at radius 2 is 1.68 bits per heavy atom. The van der Waals surface area contributed by atoms with Crippen LogP contribution < -0.4 is 10.2 Å². The van der Waals surface area contributed by atoms with Gasteiger partial charge in [-0.25, -0.2) is 9.97 Å². The Hall–Kier alpha value is -3.12. The highest BCUT2D eigenvalue weighted by molar-refractivity contribution is 7.14. The largest absolute Gasteiger partial charge is 0.372 e. The van der Waals surface area contributed by atoms with Crippen molar-refractivity contribution in [2.45, 2.75) is 34.6 Å². The van der Waals surface area contributed by atoms with Gasteiger partial charge in [0.05, 0.1) is 5.69 Å². The Balaban J connectivity index is 1.52. The molecule has 0 saturated carbocycles. The van der Waals surface area contributed by atoms with Gasteiger partial charge in [0.25, 0.3) is 0 Å². The van der Waals surface area contributed by atoms with Gasteiger partial charge in [0, 0.05) is 52.9 Å². The third-order valence-corrected chi connectivity index (χ3v) is 6.31. The number of thiazole rings is 1. The first kappa shape index (κ1) is 21.1. The number of anilines is 3. The molecule has 160 valence electrons. The van der Waals surface area contributed by atoms with Crippen LogP contribution >= 0.6 is 11.3 Å². The number of imidazole rings is 1. The number of aromatic nitrogens is 3. The minimum absolute atomic E-state index is 0.892. The van der Waals surface area contributed by atoms with Gasteiger partial charge in [-0.15, -0.1) is 11.3 Å². The monoisotopic (exact) mass is 431 g/mol. The number of benzene rings is 2. The van der Waals surface area contributed by atoms with Crippen molar-refractivity contribution in [2.24, 2.45) is 0 Å². The van der Waals surface area contributed by atoms with Crippen LogP contribution in [0.1, 0.15) is 30.7 Å². The molecule has 0 unspecified atom stereocenters. The fraction of sp³-hybridized carbons (Fsp3) is 0.280. The Bertz CT molecular complexity index is 1170. The van der Waals surface area contributed by atoms with E-state index >= 15 is 0 Å². The summed E-state index contributed by atoms with van der Waals surface area (Å²) in [5.41, 5.74) is 9.12. The molecule has 0 radical (unpaired) electrons. The van der Waals surface area contributed by atoms with E-state index in [9.17, 15) is 0 Å². The Morgan fingerprint density at radius 3 is 2.32 bits per heavy atom. The zero-order chi connectivity index (χ0) is 22.0. The van der Waals surface area contributed by atoms with Gasteiger partial charge in [-0.05, 0) is 57.9 Å². The normalized spacial score (nSPS) is 11.0. The average Bonchev–Trinajstić information content (AvgIpc) is 3.41. The van der Waals surface area contributed by atoms with Crippen molar-refractivity contribution in [3.05, 3.63) is 64.8 Å². The highest BCUT2D eigenvalue weighted by Crippen LogP contribution is 2.32. The molecule has 4 aromatic rings. The molecule has 31 heavy (non-hydrogen) atoms. The van der Waals surface area contributed by atoms with E-state index < -0.39 is 0 Å². The molecule has 2 aromatic heterocycles. The molecule has 0 aliphatic carbocycles. The maximum Gasteiger partial charge on any atom is 0.187 e. The third-order valence-electron chi connectivity index (χ3n) is 5.55. The molecule has 5 nitrogen and oxygen atoms in total. The summed E-state index contributed by atoms with van der Waals surface area (Å²) in [5, 5.41) is 6.52. The molecule has 6 heteroatoms. The summed E-state index contributed by atoms with van der Waals surface area (Å²) in [5.74, 6) is 0.892. The molecule has 2 heterocycles. The molecule has 0 aliphatic heterocycles. The molecule has 0 atom stereocenters. The summed E-state index contributed by atoms with van der Waals surface area (Å²) in [4.78, 5) is 14.9. The summed E-state index contributed by atoms with van der Waals surface area (Å²) in [6.07, 6.45) is 1.85. The van der Waals surface area contributed by atoms with Gasteiger partial charge in [-0.2, -0.15) is 0 Å². The van der Waals surface area contributed by atoms with Crippen molar-refractivity contribution in [2.75, 3.05) is 23.3 Å². The van der Waals surface area contributed by atoms with Crippen molar-refractivity contribution in [3.63, 3.8) is 0 Å². The maximum atomic E-state index is 4.82. The highest BCUT2D eigenvalue weighted by Gasteiger charge is 2.11. The van der Waals surface area contributed by atoms with Crippen molar-refractivity contribution in [3.8, 4) is 22.6 Å². The first-order valence-electron chi connectivity index (χ1n) is 10.7. The van der Waals surface area contributed by atoms with Crippen LogP contribution in [0.25, 0.3) is 22.6 Å². The second-order valence-electron chi connectivity index (χ2n) is 7.78. The van der Waals surface area contributed by atoms with Crippen molar-refractivity contribution in [1.29, 1.82) is 0 Å². The summed E-state index contributed by atoms with van der Waals surface area (Å²) >= 11 is 1.63. The van der Waals surface area contributed by atoms with Crippen LogP contribution in [0.2, 0.25) is 0 Å². The molecule has 0 aliphatic rings. The van der Waals surface area contributed by atoms with Crippen LogP contribution in [-0.2, 0) is 0 Å². The summed E-state index contributed by atoms with van der Waals surface area (Å²) in [6, 6.07) is 12.9. The number of H-pyrrole nitrogens is 1. The van der Waals surface area contributed by atoms with Gasteiger partial charge in [0.2, 0.25) is 0 Å². The van der Waals surface area contributed by atoms with E-state index in [0.29, 0.717) is 0 Å². The Labute approximate surface area is 188 Å². The molecule has 4 rings (SSSR count). The smallest absolute Gasteiger partial charge is 0.187 e. The molecule has 0 spiro atoms. The first-order valence-corrected chi connectivity index (χ1v) is 11.6.